The number of hydrogen-bond donors (Lipinski definition) is 1. The minimum Gasteiger partial charge on any atom is -0.476 e. The molecule has 0 fully saturated rings. The van der Waals surface area contributed by atoms with Crippen LogP contribution in [-0.2, 0) is 0 Å². The van der Waals surface area contributed by atoms with Crippen LogP contribution in [0.1, 0.15) is 10.5 Å². The summed E-state index contributed by atoms with van der Waals surface area (Å²) in [6.07, 6.45) is 3.24. The van der Waals surface area contributed by atoms with Gasteiger partial charge in [0.1, 0.15) is 0 Å². The van der Waals surface area contributed by atoms with Gasteiger partial charge < -0.3 is 9.63 Å². The van der Waals surface area contributed by atoms with Crippen LogP contribution in [0.15, 0.2) is 41.2 Å². The molecule has 0 atom stereocenters. The maximum absolute atomic E-state index is 10.8. The molecule has 6 nitrogen and oxygen atoms in total. The first-order valence-corrected chi connectivity index (χ1v) is 5.15. The summed E-state index contributed by atoms with van der Waals surface area (Å²) in [5, 5.41) is 21.6. The molecule has 0 saturated carbocycles. The van der Waals surface area contributed by atoms with Crippen molar-refractivity contribution < 1.29 is 14.4 Å². The van der Waals surface area contributed by atoms with E-state index in [9.17, 15) is 4.79 Å². The van der Waals surface area contributed by atoms with Gasteiger partial charge in [-0.2, -0.15) is 10.2 Å². The molecule has 1 aromatic carbocycles. The molecular formula is C12H7N3O3. The summed E-state index contributed by atoms with van der Waals surface area (Å²) in [5.41, 5.74) is 0.617. The summed E-state index contributed by atoms with van der Waals surface area (Å²) in [6.45, 7) is 0. The van der Waals surface area contributed by atoms with Crippen molar-refractivity contribution in [3.63, 3.8) is 0 Å². The number of aromatic carboxylic acids is 1. The Balaban J connectivity index is 2.21. The van der Waals surface area contributed by atoms with E-state index in [1.165, 1.54) is 6.07 Å². The van der Waals surface area contributed by atoms with E-state index in [4.69, 9.17) is 9.63 Å². The van der Waals surface area contributed by atoms with Crippen LogP contribution in [0, 0.1) is 0 Å². The number of rotatable bonds is 2. The lowest BCUT2D eigenvalue weighted by Gasteiger charge is -2.00. The van der Waals surface area contributed by atoms with Crippen molar-refractivity contribution in [1.82, 2.24) is 15.4 Å². The molecule has 2 heterocycles. The van der Waals surface area contributed by atoms with Crippen LogP contribution in [0.5, 0.6) is 0 Å². The van der Waals surface area contributed by atoms with Crippen LogP contribution < -0.4 is 0 Å². The van der Waals surface area contributed by atoms with Gasteiger partial charge in [0.05, 0.1) is 12.4 Å². The first-order valence-electron chi connectivity index (χ1n) is 5.15. The molecule has 0 radical (unpaired) electrons. The lowest BCUT2D eigenvalue weighted by molar-refractivity contribution is 0.0686. The van der Waals surface area contributed by atoms with Gasteiger partial charge in [-0.1, -0.05) is 23.4 Å². The van der Waals surface area contributed by atoms with E-state index in [-0.39, 0.29) is 5.69 Å². The van der Waals surface area contributed by atoms with Gasteiger partial charge >= 0.3 is 5.97 Å². The summed E-state index contributed by atoms with van der Waals surface area (Å²) in [5.74, 6) is -0.726. The smallest absolute Gasteiger partial charge is 0.358 e. The van der Waals surface area contributed by atoms with Crippen molar-refractivity contribution in [2.75, 3.05) is 0 Å². The minimum atomic E-state index is -1.12. The third-order valence-corrected chi connectivity index (χ3v) is 2.58. The maximum atomic E-state index is 10.8. The Hall–Kier alpha value is -2.76. The van der Waals surface area contributed by atoms with Gasteiger partial charge in [0, 0.05) is 22.4 Å². The molecule has 0 aliphatic rings. The number of hydrogen-bond acceptors (Lipinski definition) is 5. The lowest BCUT2D eigenvalue weighted by atomic mass is 10.1. The number of nitrogens with zero attached hydrogens (tertiary/aromatic N) is 3. The Morgan fingerprint density at radius 1 is 1.22 bits per heavy atom. The molecule has 0 spiro atoms. The number of carbonyl (C=O) groups is 1. The molecule has 88 valence electrons. The summed E-state index contributed by atoms with van der Waals surface area (Å²) in [7, 11) is 0. The summed E-state index contributed by atoms with van der Waals surface area (Å²) < 4.78 is 5.04. The van der Waals surface area contributed by atoms with Gasteiger partial charge in [-0.3, -0.25) is 0 Å². The van der Waals surface area contributed by atoms with E-state index in [0.29, 0.717) is 5.76 Å². The topological polar surface area (TPSA) is 89.1 Å². The van der Waals surface area contributed by atoms with Crippen molar-refractivity contribution in [3.8, 4) is 11.3 Å². The molecule has 0 aliphatic carbocycles. The SMILES string of the molecule is O=C(O)c1cc(-c2cccc3cnncc23)on1. The number of benzene rings is 1. The predicted molar refractivity (Wildman–Crippen MR) is 62.0 cm³/mol. The summed E-state index contributed by atoms with van der Waals surface area (Å²) in [4.78, 5) is 10.8. The van der Waals surface area contributed by atoms with Gasteiger partial charge in [0.25, 0.3) is 0 Å². The minimum absolute atomic E-state index is 0.121. The average Bonchev–Trinajstić information content (AvgIpc) is 2.87. The fourth-order valence-electron chi connectivity index (χ4n) is 1.74. The van der Waals surface area contributed by atoms with Crippen molar-refractivity contribution in [2.24, 2.45) is 0 Å². The summed E-state index contributed by atoms with van der Waals surface area (Å²) >= 11 is 0. The first-order chi connectivity index (χ1) is 8.75. The van der Waals surface area contributed by atoms with E-state index in [1.807, 2.05) is 18.2 Å². The zero-order chi connectivity index (χ0) is 12.5. The molecule has 0 unspecified atom stereocenters. The second kappa shape index (κ2) is 3.92. The van der Waals surface area contributed by atoms with E-state index in [2.05, 4.69) is 15.4 Å². The highest BCUT2D eigenvalue weighted by Crippen LogP contribution is 2.27. The molecule has 1 N–H and O–H groups in total. The molecule has 3 aromatic rings. The van der Waals surface area contributed by atoms with Gasteiger partial charge in [-0.05, 0) is 0 Å². The quantitative estimate of drug-likeness (QED) is 0.737. The highest BCUT2D eigenvalue weighted by atomic mass is 16.5. The largest absolute Gasteiger partial charge is 0.476 e. The molecule has 0 amide bonds. The molecule has 3 rings (SSSR count). The summed E-state index contributed by atoms with van der Waals surface area (Å²) in [6, 6.07) is 6.93. The fourth-order valence-corrected chi connectivity index (χ4v) is 1.74. The normalized spacial score (nSPS) is 10.7. The van der Waals surface area contributed by atoms with Crippen molar-refractivity contribution in [3.05, 3.63) is 42.4 Å². The van der Waals surface area contributed by atoms with Crippen molar-refractivity contribution >= 4 is 16.7 Å². The van der Waals surface area contributed by atoms with Crippen molar-refractivity contribution in [1.29, 1.82) is 0 Å². The third-order valence-electron chi connectivity index (χ3n) is 2.58. The van der Waals surface area contributed by atoms with E-state index >= 15 is 0 Å². The number of carboxylic acid groups (broad SMARTS) is 1. The van der Waals surface area contributed by atoms with Crippen LogP contribution in [0.2, 0.25) is 0 Å². The van der Waals surface area contributed by atoms with Gasteiger partial charge in [0.15, 0.2) is 11.5 Å². The predicted octanol–water partition coefficient (Wildman–Crippen LogP) is 1.98. The number of carboxylic acids is 1. The fraction of sp³-hybridized carbons (Fsp3) is 0. The molecule has 2 aromatic heterocycles. The molecule has 0 saturated heterocycles. The number of fused-ring (bicyclic) bond motifs is 1. The average molecular weight is 241 g/mol. The Labute approximate surface area is 101 Å². The number of aromatic nitrogens is 3. The van der Waals surface area contributed by atoms with Crippen LogP contribution in [0.4, 0.5) is 0 Å². The highest BCUT2D eigenvalue weighted by molar-refractivity contribution is 5.95. The van der Waals surface area contributed by atoms with Crippen LogP contribution in [0.3, 0.4) is 0 Å². The molecule has 18 heavy (non-hydrogen) atoms. The van der Waals surface area contributed by atoms with E-state index < -0.39 is 5.97 Å². The van der Waals surface area contributed by atoms with Crippen LogP contribution in [-0.4, -0.2) is 26.4 Å². The van der Waals surface area contributed by atoms with E-state index in [0.717, 1.165) is 16.3 Å². The van der Waals surface area contributed by atoms with Crippen LogP contribution >= 0.6 is 0 Å². The van der Waals surface area contributed by atoms with Gasteiger partial charge in [-0.25, -0.2) is 4.79 Å². The molecule has 6 heteroatoms. The highest BCUT2D eigenvalue weighted by Gasteiger charge is 2.14. The van der Waals surface area contributed by atoms with Gasteiger partial charge in [-0.15, -0.1) is 0 Å². The second-order valence-corrected chi connectivity index (χ2v) is 3.68. The lowest BCUT2D eigenvalue weighted by Crippen LogP contribution is -1.94. The zero-order valence-electron chi connectivity index (χ0n) is 9.07. The first kappa shape index (κ1) is 10.4. The third kappa shape index (κ3) is 1.60. The van der Waals surface area contributed by atoms with Crippen molar-refractivity contribution in [2.45, 2.75) is 0 Å². The molecule has 0 bridgehead atoms. The van der Waals surface area contributed by atoms with Crippen LogP contribution in [0.25, 0.3) is 22.1 Å². The standard InChI is InChI=1S/C12H7N3O3/c16-12(17)10-4-11(18-15-10)8-3-1-2-7-5-13-14-6-9(7)8/h1-6H,(H,16,17). The zero-order valence-corrected chi connectivity index (χ0v) is 9.07. The Kier molecular flexibility index (Phi) is 2.26. The maximum Gasteiger partial charge on any atom is 0.358 e. The Morgan fingerprint density at radius 2 is 2.06 bits per heavy atom. The Bertz CT molecular complexity index is 731. The van der Waals surface area contributed by atoms with E-state index in [1.54, 1.807) is 12.4 Å². The van der Waals surface area contributed by atoms with Gasteiger partial charge in [0.2, 0.25) is 0 Å². The molecular weight excluding hydrogens is 234 g/mol. The monoisotopic (exact) mass is 241 g/mol. The Morgan fingerprint density at radius 3 is 2.83 bits per heavy atom. The second-order valence-electron chi connectivity index (χ2n) is 3.68. The molecule has 0 aliphatic heterocycles.